The number of nitrogens with two attached hydrogens (primary N) is 1. The summed E-state index contributed by atoms with van der Waals surface area (Å²) in [4.78, 5) is 0. The molecule has 1 aromatic carbocycles. The lowest BCUT2D eigenvalue weighted by Crippen LogP contribution is -2.41. The van der Waals surface area contributed by atoms with E-state index in [4.69, 9.17) is 26.8 Å². The summed E-state index contributed by atoms with van der Waals surface area (Å²) in [5, 5.41) is 0.749. The van der Waals surface area contributed by atoms with Crippen LogP contribution in [0.2, 0.25) is 5.02 Å². The Balaban J connectivity index is 2.05. The first-order chi connectivity index (χ1) is 8.25. The van der Waals surface area contributed by atoms with Gasteiger partial charge in [-0.3, -0.25) is 0 Å². The molecule has 3 rings (SSSR count). The topological polar surface area (TPSA) is 44.5 Å². The Morgan fingerprint density at radius 2 is 1.82 bits per heavy atom. The third-order valence-corrected chi connectivity index (χ3v) is 4.22. The Morgan fingerprint density at radius 3 is 2.35 bits per heavy atom. The van der Waals surface area contributed by atoms with Crippen LogP contribution in [0, 0.1) is 0 Å². The molecule has 1 fully saturated rings. The van der Waals surface area contributed by atoms with Crippen molar-refractivity contribution in [1.29, 1.82) is 0 Å². The first-order valence-electron chi connectivity index (χ1n) is 6.05. The van der Waals surface area contributed by atoms with Crippen molar-refractivity contribution in [2.24, 2.45) is 5.73 Å². The zero-order valence-corrected chi connectivity index (χ0v) is 10.4. The monoisotopic (exact) mass is 253 g/mol. The molecule has 0 atom stereocenters. The zero-order chi connectivity index (χ0) is 11.9. The molecule has 1 aliphatic heterocycles. The van der Waals surface area contributed by atoms with Gasteiger partial charge in [-0.15, -0.1) is 0 Å². The number of rotatable bonds is 2. The van der Waals surface area contributed by atoms with E-state index in [9.17, 15) is 0 Å². The van der Waals surface area contributed by atoms with E-state index in [1.807, 2.05) is 12.1 Å². The van der Waals surface area contributed by atoms with Gasteiger partial charge in [0.15, 0.2) is 11.5 Å². The van der Waals surface area contributed by atoms with Crippen LogP contribution in [0.25, 0.3) is 0 Å². The van der Waals surface area contributed by atoms with Crippen molar-refractivity contribution in [3.8, 4) is 11.5 Å². The normalized spacial score (nSPS) is 20.8. The highest BCUT2D eigenvalue weighted by atomic mass is 35.5. The number of ether oxygens (including phenoxy) is 2. The average molecular weight is 254 g/mol. The predicted molar refractivity (Wildman–Crippen MR) is 67.0 cm³/mol. The Morgan fingerprint density at radius 1 is 1.18 bits per heavy atom. The molecule has 0 aromatic heterocycles. The Kier molecular flexibility index (Phi) is 2.68. The van der Waals surface area contributed by atoms with Crippen LogP contribution in [0.5, 0.6) is 11.5 Å². The Hall–Kier alpha value is -0.930. The van der Waals surface area contributed by atoms with Gasteiger partial charge >= 0.3 is 0 Å². The van der Waals surface area contributed by atoms with Crippen LogP contribution in [0.3, 0.4) is 0 Å². The molecule has 0 unspecified atom stereocenters. The second-order valence-electron chi connectivity index (χ2n) is 4.81. The molecule has 3 nitrogen and oxygen atoms in total. The lowest BCUT2D eigenvalue weighted by molar-refractivity contribution is 0.170. The SMILES string of the molecule is NCC1(c2cc3c(cc2Cl)OCCO3)CCC1. The lowest BCUT2D eigenvalue weighted by atomic mass is 9.64. The van der Waals surface area contributed by atoms with Gasteiger partial charge in [0.2, 0.25) is 0 Å². The highest BCUT2D eigenvalue weighted by Crippen LogP contribution is 2.48. The van der Waals surface area contributed by atoms with E-state index in [-0.39, 0.29) is 5.41 Å². The summed E-state index contributed by atoms with van der Waals surface area (Å²) in [7, 11) is 0. The fourth-order valence-corrected chi connectivity index (χ4v) is 3.01. The number of halogens is 1. The minimum Gasteiger partial charge on any atom is -0.486 e. The van der Waals surface area contributed by atoms with Gasteiger partial charge in [0, 0.05) is 23.0 Å². The van der Waals surface area contributed by atoms with Gasteiger partial charge in [-0.2, -0.15) is 0 Å². The number of benzene rings is 1. The van der Waals surface area contributed by atoms with Crippen LogP contribution in [-0.4, -0.2) is 19.8 Å². The summed E-state index contributed by atoms with van der Waals surface area (Å²) in [5.41, 5.74) is 7.10. The fourth-order valence-electron chi connectivity index (χ4n) is 2.66. The maximum atomic E-state index is 6.35. The van der Waals surface area contributed by atoms with Crippen molar-refractivity contribution in [1.82, 2.24) is 0 Å². The first-order valence-corrected chi connectivity index (χ1v) is 6.43. The first kappa shape index (κ1) is 11.2. The van der Waals surface area contributed by atoms with Gasteiger partial charge < -0.3 is 15.2 Å². The van der Waals surface area contributed by atoms with Crippen molar-refractivity contribution >= 4 is 11.6 Å². The van der Waals surface area contributed by atoms with Gasteiger partial charge in [0.25, 0.3) is 0 Å². The van der Waals surface area contributed by atoms with E-state index < -0.39 is 0 Å². The van der Waals surface area contributed by atoms with Crippen molar-refractivity contribution < 1.29 is 9.47 Å². The smallest absolute Gasteiger partial charge is 0.162 e. The van der Waals surface area contributed by atoms with E-state index in [1.165, 1.54) is 6.42 Å². The molecule has 2 N–H and O–H groups in total. The number of hydrogen-bond donors (Lipinski definition) is 1. The standard InChI is InChI=1S/C13H16ClNO2/c14-10-7-12-11(16-4-5-17-12)6-9(10)13(8-15)2-1-3-13/h6-7H,1-5,8,15H2. The fraction of sp³-hybridized carbons (Fsp3) is 0.538. The highest BCUT2D eigenvalue weighted by Gasteiger charge is 2.39. The molecule has 0 bridgehead atoms. The number of fused-ring (bicyclic) bond motifs is 1. The van der Waals surface area contributed by atoms with Crippen LogP contribution < -0.4 is 15.2 Å². The maximum Gasteiger partial charge on any atom is 0.162 e. The molecular weight excluding hydrogens is 238 g/mol. The molecule has 1 aromatic rings. The van der Waals surface area contributed by atoms with Crippen molar-refractivity contribution in [2.75, 3.05) is 19.8 Å². The van der Waals surface area contributed by atoms with E-state index >= 15 is 0 Å². The summed E-state index contributed by atoms with van der Waals surface area (Å²) >= 11 is 6.35. The molecule has 92 valence electrons. The molecule has 0 saturated heterocycles. The summed E-state index contributed by atoms with van der Waals surface area (Å²) in [6.45, 7) is 1.83. The third-order valence-electron chi connectivity index (χ3n) is 3.90. The average Bonchev–Trinajstić information content (AvgIpc) is 2.29. The molecule has 2 aliphatic rings. The zero-order valence-electron chi connectivity index (χ0n) is 9.67. The van der Waals surface area contributed by atoms with Gasteiger partial charge in [-0.25, -0.2) is 0 Å². The van der Waals surface area contributed by atoms with E-state index in [2.05, 4.69) is 0 Å². The molecule has 0 amide bonds. The maximum absolute atomic E-state index is 6.35. The molecule has 17 heavy (non-hydrogen) atoms. The largest absolute Gasteiger partial charge is 0.486 e. The van der Waals surface area contributed by atoms with Crippen LogP contribution in [0.15, 0.2) is 12.1 Å². The van der Waals surface area contributed by atoms with E-state index in [1.54, 1.807) is 0 Å². The van der Waals surface area contributed by atoms with Crippen LogP contribution >= 0.6 is 11.6 Å². The van der Waals surface area contributed by atoms with Gasteiger partial charge in [0.1, 0.15) is 13.2 Å². The summed E-state index contributed by atoms with van der Waals surface area (Å²) in [6, 6.07) is 3.88. The van der Waals surface area contributed by atoms with E-state index in [0.717, 1.165) is 34.9 Å². The quantitative estimate of drug-likeness (QED) is 0.881. The van der Waals surface area contributed by atoms with Crippen LogP contribution in [0.4, 0.5) is 0 Å². The highest BCUT2D eigenvalue weighted by molar-refractivity contribution is 6.31. The van der Waals surface area contributed by atoms with Crippen molar-refractivity contribution in [3.63, 3.8) is 0 Å². The number of hydrogen-bond acceptors (Lipinski definition) is 3. The Labute approximate surface area is 106 Å². The molecule has 1 aliphatic carbocycles. The summed E-state index contributed by atoms with van der Waals surface area (Å²) < 4.78 is 11.1. The molecule has 4 heteroatoms. The van der Waals surface area contributed by atoms with Gasteiger partial charge in [0.05, 0.1) is 0 Å². The third kappa shape index (κ3) is 1.69. The molecule has 1 heterocycles. The van der Waals surface area contributed by atoms with Gasteiger partial charge in [-0.1, -0.05) is 18.0 Å². The molecule has 0 spiro atoms. The van der Waals surface area contributed by atoms with Crippen LogP contribution in [0.1, 0.15) is 24.8 Å². The lowest BCUT2D eigenvalue weighted by Gasteiger charge is -2.42. The van der Waals surface area contributed by atoms with Crippen LogP contribution in [-0.2, 0) is 5.41 Å². The minimum absolute atomic E-state index is 0.0624. The second-order valence-corrected chi connectivity index (χ2v) is 5.22. The minimum atomic E-state index is 0.0624. The van der Waals surface area contributed by atoms with Gasteiger partial charge in [-0.05, 0) is 24.5 Å². The molecular formula is C13H16ClNO2. The molecule has 0 radical (unpaired) electrons. The molecule has 1 saturated carbocycles. The second kappa shape index (κ2) is 4.07. The van der Waals surface area contributed by atoms with Crippen molar-refractivity contribution in [3.05, 3.63) is 22.7 Å². The summed E-state index contributed by atoms with van der Waals surface area (Å²) in [5.74, 6) is 1.55. The van der Waals surface area contributed by atoms with Crippen molar-refractivity contribution in [2.45, 2.75) is 24.7 Å². The summed E-state index contributed by atoms with van der Waals surface area (Å²) in [6.07, 6.45) is 3.45. The Bertz CT molecular complexity index is 438. The van der Waals surface area contributed by atoms with E-state index in [0.29, 0.717) is 19.8 Å². The predicted octanol–water partition coefficient (Wildman–Crippen LogP) is 2.49.